The topological polar surface area (TPSA) is 35.5 Å². The van der Waals surface area contributed by atoms with E-state index in [1.54, 1.807) is 0 Å². The zero-order valence-electron chi connectivity index (χ0n) is 11.3. The summed E-state index contributed by atoms with van der Waals surface area (Å²) in [7, 11) is 0. The Kier molecular flexibility index (Phi) is 4.57. The Morgan fingerprint density at radius 2 is 1.64 bits per heavy atom. The van der Waals surface area contributed by atoms with Gasteiger partial charge in [0.2, 0.25) is 0 Å². The minimum atomic E-state index is -4.79. The maximum Gasteiger partial charge on any atom is 0.416 e. The van der Waals surface area contributed by atoms with Crippen molar-refractivity contribution in [3.63, 3.8) is 0 Å². The summed E-state index contributed by atoms with van der Waals surface area (Å²) in [5.74, 6) is -0.797. The van der Waals surface area contributed by atoms with Gasteiger partial charge in [-0.2, -0.15) is 26.3 Å². The highest BCUT2D eigenvalue weighted by Gasteiger charge is 2.47. The summed E-state index contributed by atoms with van der Waals surface area (Å²) >= 11 is 0. The van der Waals surface area contributed by atoms with Gasteiger partial charge in [0.25, 0.3) is 0 Å². The number of piperazine rings is 1. The molecule has 1 aliphatic rings. The molecule has 2 N–H and O–H groups in total. The van der Waals surface area contributed by atoms with Crippen molar-refractivity contribution >= 4 is 0 Å². The van der Waals surface area contributed by atoms with Crippen LogP contribution in [0.2, 0.25) is 0 Å². The number of benzene rings is 1. The molecule has 0 aliphatic carbocycles. The first-order valence-corrected chi connectivity index (χ1v) is 6.52. The van der Waals surface area contributed by atoms with Gasteiger partial charge in [-0.1, -0.05) is 0 Å². The normalized spacial score (nSPS) is 19.2. The molecule has 22 heavy (non-hydrogen) atoms. The molecule has 0 saturated carbocycles. The van der Waals surface area contributed by atoms with E-state index in [1.165, 1.54) is 0 Å². The first-order chi connectivity index (χ1) is 10.1. The molecule has 9 heteroatoms. The first kappa shape index (κ1) is 16.9. The number of phenolic OH excluding ortho intramolecular Hbond substituents is 1. The predicted octanol–water partition coefficient (Wildman–Crippen LogP) is 2.92. The van der Waals surface area contributed by atoms with Crippen LogP contribution in [0.4, 0.5) is 26.3 Å². The quantitative estimate of drug-likeness (QED) is 0.820. The number of aromatic hydroxyl groups is 1. The van der Waals surface area contributed by atoms with Crippen LogP contribution in [0.25, 0.3) is 0 Å². The van der Waals surface area contributed by atoms with Crippen LogP contribution < -0.4 is 5.32 Å². The zero-order chi connectivity index (χ0) is 16.5. The standard InChI is InChI=1S/C13H14F6N2O/c14-12(15,16)8-1-2-10(22)9(7-8)11(13(17,18)19)21-5-3-20-4-6-21/h1-2,7,11,20,22H,3-6H2/t11-/m1/s1. The molecule has 1 fully saturated rings. The SMILES string of the molecule is Oc1ccc(C(F)(F)F)cc1[C@@H](N1CCNCC1)C(F)(F)F. The lowest BCUT2D eigenvalue weighted by Crippen LogP contribution is -2.49. The van der Waals surface area contributed by atoms with Gasteiger partial charge in [0.1, 0.15) is 11.8 Å². The van der Waals surface area contributed by atoms with Crippen molar-refractivity contribution in [3.05, 3.63) is 29.3 Å². The van der Waals surface area contributed by atoms with Crippen LogP contribution in [-0.2, 0) is 6.18 Å². The molecule has 1 aromatic carbocycles. The van der Waals surface area contributed by atoms with Crippen LogP contribution in [-0.4, -0.2) is 42.4 Å². The molecule has 0 unspecified atom stereocenters. The highest BCUT2D eigenvalue weighted by molar-refractivity contribution is 5.40. The minimum Gasteiger partial charge on any atom is -0.508 e. The van der Waals surface area contributed by atoms with Gasteiger partial charge in [0.05, 0.1) is 5.56 Å². The van der Waals surface area contributed by atoms with Gasteiger partial charge >= 0.3 is 12.4 Å². The van der Waals surface area contributed by atoms with Crippen molar-refractivity contribution < 1.29 is 31.4 Å². The molecule has 0 amide bonds. The van der Waals surface area contributed by atoms with Crippen LogP contribution in [0.1, 0.15) is 17.2 Å². The molecule has 1 atom stereocenters. The number of phenols is 1. The molecule has 1 aliphatic heterocycles. The van der Waals surface area contributed by atoms with Crippen molar-refractivity contribution in [1.29, 1.82) is 0 Å². The Hall–Kier alpha value is -1.48. The number of hydrogen-bond acceptors (Lipinski definition) is 3. The molecule has 1 aromatic rings. The lowest BCUT2D eigenvalue weighted by molar-refractivity contribution is -0.188. The van der Waals surface area contributed by atoms with E-state index in [2.05, 4.69) is 5.32 Å². The number of halogens is 6. The maximum absolute atomic E-state index is 13.3. The molecule has 2 rings (SSSR count). The number of nitrogens with one attached hydrogen (secondary N) is 1. The molecule has 0 aromatic heterocycles. The zero-order valence-corrected chi connectivity index (χ0v) is 11.3. The molecule has 0 bridgehead atoms. The third-order valence-electron chi connectivity index (χ3n) is 3.48. The lowest BCUT2D eigenvalue weighted by Gasteiger charge is -2.36. The summed E-state index contributed by atoms with van der Waals surface area (Å²) in [6, 6.07) is -0.685. The second-order valence-corrected chi connectivity index (χ2v) is 5.00. The highest BCUT2D eigenvalue weighted by Crippen LogP contribution is 2.43. The van der Waals surface area contributed by atoms with Crippen molar-refractivity contribution in [2.75, 3.05) is 26.2 Å². The third kappa shape index (κ3) is 3.64. The summed E-state index contributed by atoms with van der Waals surface area (Å²) < 4.78 is 78.2. The Balaban J connectivity index is 2.47. The molecule has 0 radical (unpaired) electrons. The van der Waals surface area contributed by atoms with Gasteiger partial charge in [0.15, 0.2) is 0 Å². The van der Waals surface area contributed by atoms with E-state index in [1.807, 2.05) is 0 Å². The second-order valence-electron chi connectivity index (χ2n) is 5.00. The maximum atomic E-state index is 13.3. The monoisotopic (exact) mass is 328 g/mol. The molecular formula is C13H14F6N2O. The van der Waals surface area contributed by atoms with Crippen molar-refractivity contribution in [1.82, 2.24) is 10.2 Å². The minimum absolute atomic E-state index is 0.0276. The fourth-order valence-corrected chi connectivity index (χ4v) is 2.47. The fraction of sp³-hybridized carbons (Fsp3) is 0.538. The smallest absolute Gasteiger partial charge is 0.416 e. The van der Waals surface area contributed by atoms with Crippen LogP contribution in [0.5, 0.6) is 5.75 Å². The summed E-state index contributed by atoms with van der Waals surface area (Å²) in [6.07, 6.45) is -9.57. The summed E-state index contributed by atoms with van der Waals surface area (Å²) in [5, 5.41) is 12.5. The number of alkyl halides is 6. The van der Waals surface area contributed by atoms with E-state index in [9.17, 15) is 31.4 Å². The lowest BCUT2D eigenvalue weighted by atomic mass is 9.99. The Labute approximate surface area is 122 Å². The van der Waals surface area contributed by atoms with Crippen molar-refractivity contribution in [2.45, 2.75) is 18.4 Å². The average Bonchev–Trinajstić information content (AvgIpc) is 2.39. The van der Waals surface area contributed by atoms with E-state index < -0.39 is 35.3 Å². The van der Waals surface area contributed by atoms with Gasteiger partial charge in [-0.05, 0) is 18.2 Å². The van der Waals surface area contributed by atoms with Gasteiger partial charge in [-0.3, -0.25) is 4.90 Å². The summed E-state index contributed by atoms with van der Waals surface area (Å²) in [5.41, 5.74) is -1.99. The van der Waals surface area contributed by atoms with E-state index in [-0.39, 0.29) is 13.1 Å². The molecule has 124 valence electrons. The number of hydrogen-bond donors (Lipinski definition) is 2. The first-order valence-electron chi connectivity index (χ1n) is 6.52. The van der Waals surface area contributed by atoms with E-state index >= 15 is 0 Å². The van der Waals surface area contributed by atoms with Crippen molar-refractivity contribution in [2.24, 2.45) is 0 Å². The molecule has 0 spiro atoms. The second kappa shape index (κ2) is 5.96. The van der Waals surface area contributed by atoms with Crippen LogP contribution in [0.15, 0.2) is 18.2 Å². The molecule has 3 nitrogen and oxygen atoms in total. The summed E-state index contributed by atoms with van der Waals surface area (Å²) in [4.78, 5) is 1.02. The van der Waals surface area contributed by atoms with Crippen LogP contribution >= 0.6 is 0 Å². The Bertz CT molecular complexity index is 522. The van der Waals surface area contributed by atoms with Crippen LogP contribution in [0.3, 0.4) is 0 Å². The Morgan fingerprint density at radius 1 is 1.05 bits per heavy atom. The Morgan fingerprint density at radius 3 is 2.14 bits per heavy atom. The molecular weight excluding hydrogens is 314 g/mol. The number of rotatable bonds is 2. The van der Waals surface area contributed by atoms with Gasteiger partial charge in [0, 0.05) is 31.7 Å². The highest BCUT2D eigenvalue weighted by atomic mass is 19.4. The third-order valence-corrected chi connectivity index (χ3v) is 3.48. The molecule has 1 heterocycles. The van der Waals surface area contributed by atoms with E-state index in [0.29, 0.717) is 31.3 Å². The van der Waals surface area contributed by atoms with Gasteiger partial charge in [-0.15, -0.1) is 0 Å². The largest absolute Gasteiger partial charge is 0.508 e. The van der Waals surface area contributed by atoms with Gasteiger partial charge in [-0.25, -0.2) is 0 Å². The van der Waals surface area contributed by atoms with Crippen LogP contribution in [0, 0.1) is 0 Å². The predicted molar refractivity (Wildman–Crippen MR) is 66.3 cm³/mol. The van der Waals surface area contributed by atoms with E-state index in [0.717, 1.165) is 4.90 Å². The van der Waals surface area contributed by atoms with Gasteiger partial charge < -0.3 is 10.4 Å². The number of nitrogens with zero attached hydrogens (tertiary/aromatic N) is 1. The fourth-order valence-electron chi connectivity index (χ4n) is 2.47. The molecule has 1 saturated heterocycles. The average molecular weight is 328 g/mol. The van der Waals surface area contributed by atoms with Crippen molar-refractivity contribution in [3.8, 4) is 5.75 Å². The summed E-state index contributed by atoms with van der Waals surface area (Å²) in [6.45, 7) is 0.651. The van der Waals surface area contributed by atoms with E-state index in [4.69, 9.17) is 0 Å².